The van der Waals surface area contributed by atoms with Gasteiger partial charge >= 0.3 is 0 Å². The number of amides is 1. The van der Waals surface area contributed by atoms with Crippen molar-refractivity contribution in [1.29, 1.82) is 0 Å². The van der Waals surface area contributed by atoms with Crippen molar-refractivity contribution < 1.29 is 9.53 Å². The third-order valence-electron chi connectivity index (χ3n) is 4.64. The summed E-state index contributed by atoms with van der Waals surface area (Å²) in [6.45, 7) is 2.46. The molecule has 156 valence electrons. The number of nitrogens with zero attached hydrogens (tertiary/aromatic N) is 2. The Morgan fingerprint density at radius 1 is 0.935 bits per heavy atom. The lowest BCUT2D eigenvalue weighted by atomic mass is 10.1. The van der Waals surface area contributed by atoms with Gasteiger partial charge in [0.15, 0.2) is 0 Å². The lowest BCUT2D eigenvalue weighted by Crippen LogP contribution is -2.17. The Kier molecular flexibility index (Phi) is 6.79. The predicted molar refractivity (Wildman–Crippen MR) is 129 cm³/mol. The van der Waals surface area contributed by atoms with Crippen LogP contribution in [0.4, 0.5) is 17.1 Å². The van der Waals surface area contributed by atoms with Crippen molar-refractivity contribution in [2.75, 3.05) is 17.7 Å². The van der Waals surface area contributed by atoms with Gasteiger partial charge < -0.3 is 10.1 Å². The van der Waals surface area contributed by atoms with E-state index in [2.05, 4.69) is 5.32 Å². The molecule has 5 nitrogen and oxygen atoms in total. The number of nitrogens with one attached hydrogen (secondary N) is 1. The normalized spacial score (nSPS) is 12.8. The highest BCUT2D eigenvalue weighted by molar-refractivity contribution is 8.14. The largest absolute Gasteiger partial charge is 0.492 e. The number of carbonyl (C=O) groups is 1. The number of anilines is 1. The van der Waals surface area contributed by atoms with Crippen LogP contribution in [0.25, 0.3) is 0 Å². The van der Waals surface area contributed by atoms with Gasteiger partial charge in [-0.1, -0.05) is 54.6 Å². The number of thioether (sulfide) groups is 1. The predicted octanol–water partition coefficient (Wildman–Crippen LogP) is 6.01. The Balaban J connectivity index is 1.50. The first-order valence-corrected chi connectivity index (χ1v) is 11.2. The van der Waals surface area contributed by atoms with Crippen molar-refractivity contribution in [2.45, 2.75) is 13.3 Å². The second-order valence-corrected chi connectivity index (χ2v) is 7.91. The summed E-state index contributed by atoms with van der Waals surface area (Å²) in [6.07, 6.45) is 0.576. The van der Waals surface area contributed by atoms with Crippen LogP contribution in [0.2, 0.25) is 0 Å². The number of hydrogen-bond donors (Lipinski definition) is 1. The van der Waals surface area contributed by atoms with E-state index in [0.29, 0.717) is 24.5 Å². The molecule has 1 heterocycles. The maximum Gasteiger partial charge on any atom is 0.234 e. The van der Waals surface area contributed by atoms with Crippen LogP contribution >= 0.6 is 11.8 Å². The van der Waals surface area contributed by atoms with E-state index in [1.165, 1.54) is 11.8 Å². The first kappa shape index (κ1) is 20.9. The van der Waals surface area contributed by atoms with Crippen LogP contribution in [0.3, 0.4) is 0 Å². The van der Waals surface area contributed by atoms with Gasteiger partial charge in [0.25, 0.3) is 0 Å². The summed E-state index contributed by atoms with van der Waals surface area (Å²) in [7, 11) is 0. The molecule has 3 aromatic rings. The summed E-state index contributed by atoms with van der Waals surface area (Å²) < 4.78 is 5.59. The van der Waals surface area contributed by atoms with E-state index in [4.69, 9.17) is 14.7 Å². The lowest BCUT2D eigenvalue weighted by molar-refractivity contribution is -0.113. The van der Waals surface area contributed by atoms with Crippen LogP contribution in [0.5, 0.6) is 5.75 Å². The Labute approximate surface area is 186 Å². The molecule has 0 bridgehead atoms. The van der Waals surface area contributed by atoms with E-state index in [1.807, 2.05) is 85.8 Å². The van der Waals surface area contributed by atoms with E-state index >= 15 is 0 Å². The quantitative estimate of drug-likeness (QED) is 0.522. The van der Waals surface area contributed by atoms with Gasteiger partial charge in [-0.05, 0) is 36.8 Å². The van der Waals surface area contributed by atoms with Gasteiger partial charge in [0, 0.05) is 6.42 Å². The smallest absolute Gasteiger partial charge is 0.234 e. The first-order chi connectivity index (χ1) is 15.2. The fraction of sp³-hybridized carbons (Fsp3) is 0.160. The van der Waals surface area contributed by atoms with Gasteiger partial charge in [-0.25, -0.2) is 4.99 Å². The highest BCUT2D eigenvalue weighted by Gasteiger charge is 2.17. The van der Waals surface area contributed by atoms with Crippen molar-refractivity contribution in [3.05, 3.63) is 84.4 Å². The Hall–Kier alpha value is -3.38. The average Bonchev–Trinajstić information content (AvgIpc) is 2.99. The number of rotatable bonds is 6. The molecule has 6 heteroatoms. The van der Waals surface area contributed by atoms with Crippen LogP contribution in [0.15, 0.2) is 88.8 Å². The fourth-order valence-corrected chi connectivity index (χ4v) is 3.99. The zero-order valence-corrected chi connectivity index (χ0v) is 18.1. The molecule has 0 spiro atoms. The molecule has 1 aliphatic rings. The summed E-state index contributed by atoms with van der Waals surface area (Å²) in [5.41, 5.74) is 4.33. The first-order valence-electron chi connectivity index (χ1n) is 10.2. The zero-order valence-electron chi connectivity index (χ0n) is 17.2. The fourth-order valence-electron chi connectivity index (χ4n) is 3.22. The van der Waals surface area contributed by atoms with Crippen LogP contribution in [0, 0.1) is 0 Å². The number of carbonyl (C=O) groups excluding carboxylic acids is 1. The summed E-state index contributed by atoms with van der Waals surface area (Å²) in [5, 5.41) is 3.80. The molecule has 0 saturated carbocycles. The van der Waals surface area contributed by atoms with Gasteiger partial charge in [0.1, 0.15) is 5.75 Å². The highest BCUT2D eigenvalue weighted by Crippen LogP contribution is 2.33. The van der Waals surface area contributed by atoms with Crippen LogP contribution < -0.4 is 10.1 Å². The summed E-state index contributed by atoms with van der Waals surface area (Å²) in [5.74, 6) is 0.821. The van der Waals surface area contributed by atoms with E-state index < -0.39 is 0 Å². The molecule has 0 fully saturated rings. The lowest BCUT2D eigenvalue weighted by Gasteiger charge is -2.11. The molecule has 31 heavy (non-hydrogen) atoms. The number of ether oxygens (including phenoxy) is 1. The average molecular weight is 430 g/mol. The topological polar surface area (TPSA) is 63.0 Å². The molecule has 0 aromatic heterocycles. The molecule has 0 atom stereocenters. The van der Waals surface area contributed by atoms with Crippen molar-refractivity contribution >= 4 is 45.5 Å². The number of fused-ring (bicyclic) bond motifs is 1. The summed E-state index contributed by atoms with van der Waals surface area (Å²) in [6, 6.07) is 25.4. The van der Waals surface area contributed by atoms with Crippen molar-refractivity contribution in [2.24, 2.45) is 9.98 Å². The SMILES string of the molecule is CCOc1ccccc1NC(=O)CSC1=Nc2ccccc2N=C(c2ccccc2)C1. The summed E-state index contributed by atoms with van der Waals surface area (Å²) >= 11 is 1.44. The minimum Gasteiger partial charge on any atom is -0.492 e. The molecule has 1 N–H and O–H groups in total. The van der Waals surface area contributed by atoms with Gasteiger partial charge in [0.05, 0.1) is 40.2 Å². The molecule has 0 aliphatic carbocycles. The maximum atomic E-state index is 12.6. The molecule has 4 rings (SSSR count). The monoisotopic (exact) mass is 429 g/mol. The van der Waals surface area contributed by atoms with Gasteiger partial charge in [-0.15, -0.1) is 11.8 Å². The minimum atomic E-state index is -0.101. The number of benzene rings is 3. The van der Waals surface area contributed by atoms with Crippen molar-refractivity contribution in [3.8, 4) is 5.75 Å². The third kappa shape index (κ3) is 5.41. The summed E-state index contributed by atoms with van der Waals surface area (Å²) in [4.78, 5) is 22.3. The molecule has 0 radical (unpaired) electrons. The van der Waals surface area contributed by atoms with Gasteiger partial charge in [0.2, 0.25) is 5.91 Å². The van der Waals surface area contributed by atoms with Crippen LogP contribution in [-0.4, -0.2) is 29.0 Å². The van der Waals surface area contributed by atoms with Gasteiger partial charge in [-0.2, -0.15) is 0 Å². The van der Waals surface area contributed by atoms with Crippen LogP contribution in [0.1, 0.15) is 18.9 Å². The number of para-hydroxylation sites is 4. The third-order valence-corrected chi connectivity index (χ3v) is 5.61. The Morgan fingerprint density at radius 2 is 1.61 bits per heavy atom. The van der Waals surface area contributed by atoms with Crippen molar-refractivity contribution in [1.82, 2.24) is 0 Å². The van der Waals surface area contributed by atoms with E-state index in [0.717, 1.165) is 27.7 Å². The number of aliphatic imine (C=N–C) groups is 2. The zero-order chi connectivity index (χ0) is 21.5. The number of hydrogen-bond acceptors (Lipinski definition) is 5. The van der Waals surface area contributed by atoms with Crippen molar-refractivity contribution in [3.63, 3.8) is 0 Å². The second kappa shape index (κ2) is 10.1. The molecule has 1 aliphatic heterocycles. The molecule has 0 saturated heterocycles. The Bertz CT molecular complexity index is 1130. The van der Waals surface area contributed by atoms with Gasteiger partial charge in [-0.3, -0.25) is 9.79 Å². The maximum absolute atomic E-state index is 12.6. The standard InChI is InChI=1S/C25H23N3O2S/c1-2-30-23-15-9-8-14-21(23)27-24(29)17-31-25-16-22(18-10-4-3-5-11-18)26-19-12-6-7-13-20(19)28-25/h3-15H,2,16-17H2,1H3,(H,27,29). The van der Waals surface area contributed by atoms with E-state index in [9.17, 15) is 4.79 Å². The minimum absolute atomic E-state index is 0.101. The van der Waals surface area contributed by atoms with E-state index in [1.54, 1.807) is 0 Å². The molecule has 3 aromatic carbocycles. The Morgan fingerprint density at radius 3 is 2.39 bits per heavy atom. The van der Waals surface area contributed by atoms with Crippen LogP contribution in [-0.2, 0) is 4.79 Å². The molecular formula is C25H23N3O2S. The van der Waals surface area contributed by atoms with E-state index in [-0.39, 0.29) is 11.7 Å². The molecular weight excluding hydrogens is 406 g/mol. The molecule has 0 unspecified atom stereocenters. The highest BCUT2D eigenvalue weighted by atomic mass is 32.2. The second-order valence-electron chi connectivity index (χ2n) is 6.86. The molecule has 1 amide bonds.